The van der Waals surface area contributed by atoms with Crippen LogP contribution in [-0.4, -0.2) is 77.2 Å². The summed E-state index contributed by atoms with van der Waals surface area (Å²) in [5.74, 6) is -2.61. The number of carbonyl (C=O) groups is 4. The predicted octanol–water partition coefficient (Wildman–Crippen LogP) is 3.11. The highest BCUT2D eigenvalue weighted by molar-refractivity contribution is 6.23. The van der Waals surface area contributed by atoms with Gasteiger partial charge in [-0.25, -0.2) is 9.69 Å². The number of hydroxylamine groups is 1. The van der Waals surface area contributed by atoms with Crippen molar-refractivity contribution in [1.82, 2.24) is 14.8 Å². The summed E-state index contributed by atoms with van der Waals surface area (Å²) in [5, 5.41) is 0.0832. The van der Waals surface area contributed by atoms with Crippen LogP contribution in [0.1, 0.15) is 25.8 Å². The topological polar surface area (TPSA) is 113 Å². The van der Waals surface area contributed by atoms with E-state index in [1.807, 2.05) is 0 Å². The van der Waals surface area contributed by atoms with Gasteiger partial charge in [0.05, 0.1) is 30.9 Å². The van der Waals surface area contributed by atoms with Crippen molar-refractivity contribution in [3.8, 4) is 0 Å². The number of amides is 4. The lowest BCUT2D eigenvalue weighted by molar-refractivity contribution is -0.327. The average molecular weight is 564 g/mol. The van der Waals surface area contributed by atoms with Gasteiger partial charge in [0.2, 0.25) is 0 Å². The minimum absolute atomic E-state index is 0.0340. The second-order valence-electron chi connectivity index (χ2n) is 9.91. The van der Waals surface area contributed by atoms with Crippen LogP contribution < -0.4 is 9.96 Å². The van der Waals surface area contributed by atoms with E-state index in [0.29, 0.717) is 13.0 Å². The molecule has 0 N–H and O–H groups in total. The third-order valence-electron chi connectivity index (χ3n) is 6.82. The number of alkyl halides is 3. The van der Waals surface area contributed by atoms with Crippen LogP contribution >= 0.6 is 0 Å². The average Bonchev–Trinajstić information content (AvgIpc) is 3.44. The van der Waals surface area contributed by atoms with E-state index in [0.717, 1.165) is 16.5 Å². The Bertz CT molecular complexity index is 1290. The van der Waals surface area contributed by atoms with Gasteiger partial charge in [0, 0.05) is 25.5 Å². The molecule has 2 saturated heterocycles. The number of anilines is 2. The van der Waals surface area contributed by atoms with Crippen LogP contribution in [0.25, 0.3) is 0 Å². The summed E-state index contributed by atoms with van der Waals surface area (Å²) in [6.45, 7) is 3.20. The number of likely N-dealkylation sites (tertiary alicyclic amines) is 1. The molecule has 14 heteroatoms. The van der Waals surface area contributed by atoms with Crippen molar-refractivity contribution in [2.24, 2.45) is 5.92 Å². The first kappa shape index (κ1) is 29.0. The van der Waals surface area contributed by atoms with Crippen molar-refractivity contribution < 1.29 is 41.9 Å². The summed E-state index contributed by atoms with van der Waals surface area (Å²) in [6, 6.07) is 7.71. The van der Waals surface area contributed by atoms with E-state index in [-0.39, 0.29) is 29.5 Å². The Hall–Kier alpha value is -4.04. The number of nitrogens with zero attached hydrogens (tertiary/aromatic N) is 5. The fraction of sp³-hybridized carbons (Fsp3) is 0.423. The first-order valence-corrected chi connectivity index (χ1v) is 12.4. The quantitative estimate of drug-likeness (QED) is 0.274. The molecule has 4 amide bonds. The molecule has 0 aliphatic carbocycles. The van der Waals surface area contributed by atoms with Gasteiger partial charge in [-0.1, -0.05) is 6.07 Å². The monoisotopic (exact) mass is 563 g/mol. The van der Waals surface area contributed by atoms with Crippen LogP contribution in [0.15, 0.2) is 48.8 Å². The molecule has 4 rings (SSSR count). The van der Waals surface area contributed by atoms with E-state index in [1.165, 1.54) is 35.1 Å². The molecule has 214 valence electrons. The molecule has 1 aromatic heterocycles. The smallest absolute Gasteiger partial charge is 0.469 e. The van der Waals surface area contributed by atoms with Crippen molar-refractivity contribution in [3.05, 3.63) is 54.4 Å². The number of benzene rings is 1. The van der Waals surface area contributed by atoms with E-state index in [1.54, 1.807) is 38.4 Å². The minimum atomic E-state index is -5.21. The highest BCUT2D eigenvalue weighted by Gasteiger charge is 2.52. The highest BCUT2D eigenvalue weighted by atomic mass is 19.4. The normalized spacial score (nSPS) is 19.3. The fourth-order valence-electron chi connectivity index (χ4n) is 4.70. The Morgan fingerprint density at radius 2 is 1.85 bits per heavy atom. The summed E-state index contributed by atoms with van der Waals surface area (Å²) in [5.41, 5.74) is -0.908. The molecule has 2 aliphatic heterocycles. The zero-order valence-electron chi connectivity index (χ0n) is 22.1. The van der Waals surface area contributed by atoms with Crippen LogP contribution in [0.4, 0.5) is 29.3 Å². The largest absolute Gasteiger partial charge is 0.544 e. The highest BCUT2D eigenvalue weighted by Crippen LogP contribution is 2.35. The molecule has 1 atom stereocenters. The maximum atomic E-state index is 13.4. The number of rotatable bonds is 8. The van der Waals surface area contributed by atoms with Crippen molar-refractivity contribution in [2.45, 2.75) is 38.7 Å². The number of aromatic nitrogens is 1. The Kier molecular flexibility index (Phi) is 8.12. The number of hydrogen-bond donors (Lipinski definition) is 0. The minimum Gasteiger partial charge on any atom is -0.469 e. The standard InChI is InChI=1S/C26H28F3N5O6/c1-25(2)23(37)33(24(38)32(25)14-17-7-10-30-11-8-17)19-5-4-6-20(13-19)34(40-26(27,28)29)21(35)16-31-12-9-18(15-31)22(36)39-3/h4-8,10-11,13,18H,9,12,14-16H2,1-3H3. The Balaban J connectivity index is 1.59. The van der Waals surface area contributed by atoms with E-state index in [9.17, 15) is 32.3 Å². The van der Waals surface area contributed by atoms with Crippen LogP contribution in [0, 0.1) is 5.92 Å². The van der Waals surface area contributed by atoms with Crippen molar-refractivity contribution in [3.63, 3.8) is 0 Å². The molecule has 1 aromatic carbocycles. The number of carbonyl (C=O) groups excluding carboxylic acids is 4. The molecule has 0 saturated carbocycles. The summed E-state index contributed by atoms with van der Waals surface area (Å²) >= 11 is 0. The zero-order chi connectivity index (χ0) is 29.2. The van der Waals surface area contributed by atoms with E-state index < -0.39 is 48.2 Å². The molecule has 0 spiro atoms. The molecular weight excluding hydrogens is 535 g/mol. The summed E-state index contributed by atoms with van der Waals surface area (Å²) < 4.78 is 44.7. The number of halogens is 3. The summed E-state index contributed by atoms with van der Waals surface area (Å²) in [7, 11) is 1.23. The number of esters is 1. The molecule has 2 aromatic rings. The second-order valence-corrected chi connectivity index (χ2v) is 9.91. The first-order chi connectivity index (χ1) is 18.8. The molecule has 1 unspecified atom stereocenters. The van der Waals surface area contributed by atoms with Gasteiger partial charge in [-0.05, 0) is 62.7 Å². The molecule has 11 nitrogen and oxygen atoms in total. The zero-order valence-corrected chi connectivity index (χ0v) is 22.1. The van der Waals surface area contributed by atoms with E-state index >= 15 is 0 Å². The third kappa shape index (κ3) is 6.07. The predicted molar refractivity (Wildman–Crippen MR) is 134 cm³/mol. The fourth-order valence-corrected chi connectivity index (χ4v) is 4.70. The summed E-state index contributed by atoms with van der Waals surface area (Å²) in [4.78, 5) is 63.3. The Labute approximate surface area is 228 Å². The van der Waals surface area contributed by atoms with E-state index in [4.69, 9.17) is 4.74 Å². The van der Waals surface area contributed by atoms with E-state index in [2.05, 4.69) is 9.82 Å². The van der Waals surface area contributed by atoms with Gasteiger partial charge in [-0.15, -0.1) is 13.2 Å². The summed E-state index contributed by atoms with van der Waals surface area (Å²) in [6.07, 6.45) is -1.72. The third-order valence-corrected chi connectivity index (χ3v) is 6.82. The van der Waals surface area contributed by atoms with Crippen molar-refractivity contribution >= 4 is 35.2 Å². The van der Waals surface area contributed by atoms with Gasteiger partial charge >= 0.3 is 18.4 Å². The number of imide groups is 1. The Morgan fingerprint density at radius 3 is 2.50 bits per heavy atom. The maximum Gasteiger partial charge on any atom is 0.544 e. The number of pyridine rings is 1. The maximum absolute atomic E-state index is 13.4. The SMILES string of the molecule is COC(=O)C1CCN(CC(=O)N(OC(F)(F)F)c2cccc(N3C(=O)N(Cc4ccncc4)C(C)(C)C3=O)c2)C1. The van der Waals surface area contributed by atoms with Gasteiger partial charge in [-0.3, -0.25) is 24.3 Å². The van der Waals surface area contributed by atoms with Crippen LogP contribution in [0.5, 0.6) is 0 Å². The molecule has 2 fully saturated rings. The number of methoxy groups -OCH3 is 1. The molecule has 0 bridgehead atoms. The molecular formula is C26H28F3N5O6. The number of hydrogen-bond acceptors (Lipinski definition) is 8. The van der Waals surface area contributed by atoms with Gasteiger partial charge in [0.15, 0.2) is 0 Å². The first-order valence-electron chi connectivity index (χ1n) is 12.4. The van der Waals surface area contributed by atoms with Crippen LogP contribution in [0.3, 0.4) is 0 Å². The molecule has 3 heterocycles. The lowest BCUT2D eigenvalue weighted by atomic mass is 10.0. The van der Waals surface area contributed by atoms with Gasteiger partial charge in [0.1, 0.15) is 5.54 Å². The van der Waals surface area contributed by atoms with Gasteiger partial charge in [-0.2, -0.15) is 9.90 Å². The van der Waals surface area contributed by atoms with Crippen LogP contribution in [-0.2, 0) is 30.5 Å². The van der Waals surface area contributed by atoms with Gasteiger partial charge < -0.3 is 9.64 Å². The van der Waals surface area contributed by atoms with Crippen molar-refractivity contribution in [2.75, 3.05) is 36.7 Å². The second kappa shape index (κ2) is 11.2. The van der Waals surface area contributed by atoms with Crippen LogP contribution in [0.2, 0.25) is 0 Å². The van der Waals surface area contributed by atoms with Gasteiger partial charge in [0.25, 0.3) is 11.8 Å². The lowest BCUT2D eigenvalue weighted by Gasteiger charge is -2.27. The Morgan fingerprint density at radius 1 is 1.15 bits per heavy atom. The molecule has 2 aliphatic rings. The number of ether oxygens (including phenoxy) is 1. The van der Waals surface area contributed by atoms with Crippen molar-refractivity contribution in [1.29, 1.82) is 0 Å². The molecule has 0 radical (unpaired) electrons. The lowest BCUT2D eigenvalue weighted by Crippen LogP contribution is -2.43. The number of urea groups is 1. The molecule has 40 heavy (non-hydrogen) atoms.